The molecule has 0 aliphatic heterocycles. The van der Waals surface area contributed by atoms with Crippen LogP contribution in [0, 0.1) is 5.82 Å². The molecule has 0 saturated carbocycles. The van der Waals surface area contributed by atoms with Crippen LogP contribution >= 0.6 is 43.5 Å². The SMILES string of the molecule is O=C(c1ccccc1)c1c(Cl)ccc(C(Br)Br)c1F. The maximum Gasteiger partial charge on any atom is 0.197 e. The Morgan fingerprint density at radius 3 is 2.32 bits per heavy atom. The monoisotopic (exact) mass is 404 g/mol. The zero-order valence-corrected chi connectivity index (χ0v) is 13.5. The number of hydrogen-bond donors (Lipinski definition) is 0. The zero-order valence-electron chi connectivity index (χ0n) is 9.54. The summed E-state index contributed by atoms with van der Waals surface area (Å²) in [6.45, 7) is 0. The van der Waals surface area contributed by atoms with Gasteiger partial charge in [0.2, 0.25) is 0 Å². The number of hydrogen-bond acceptors (Lipinski definition) is 1. The highest BCUT2D eigenvalue weighted by molar-refractivity contribution is 9.24. The Morgan fingerprint density at radius 1 is 1.11 bits per heavy atom. The summed E-state index contributed by atoms with van der Waals surface area (Å²) >= 11 is 12.4. The van der Waals surface area contributed by atoms with Crippen molar-refractivity contribution in [2.24, 2.45) is 0 Å². The molecule has 1 nitrogen and oxygen atoms in total. The van der Waals surface area contributed by atoms with E-state index in [-0.39, 0.29) is 14.3 Å². The topological polar surface area (TPSA) is 17.1 Å². The van der Waals surface area contributed by atoms with Crippen molar-refractivity contribution in [1.82, 2.24) is 0 Å². The van der Waals surface area contributed by atoms with Crippen LogP contribution in [0.25, 0.3) is 0 Å². The van der Waals surface area contributed by atoms with E-state index in [1.807, 2.05) is 0 Å². The van der Waals surface area contributed by atoms with Crippen LogP contribution < -0.4 is 0 Å². The lowest BCUT2D eigenvalue weighted by Gasteiger charge is -2.10. The van der Waals surface area contributed by atoms with Crippen LogP contribution in [0.5, 0.6) is 0 Å². The normalized spacial score (nSPS) is 10.8. The van der Waals surface area contributed by atoms with Crippen LogP contribution in [0.4, 0.5) is 4.39 Å². The van der Waals surface area contributed by atoms with Crippen LogP contribution in [-0.4, -0.2) is 5.78 Å². The summed E-state index contributed by atoms with van der Waals surface area (Å²) in [4.78, 5) is 12.3. The van der Waals surface area contributed by atoms with Crippen LogP contribution in [0.2, 0.25) is 5.02 Å². The third-order valence-corrected chi connectivity index (χ3v) is 3.92. The summed E-state index contributed by atoms with van der Waals surface area (Å²) in [6.07, 6.45) is 0. The highest BCUT2D eigenvalue weighted by Gasteiger charge is 2.22. The van der Waals surface area contributed by atoms with Crippen molar-refractivity contribution in [2.75, 3.05) is 0 Å². The van der Waals surface area contributed by atoms with Crippen molar-refractivity contribution in [3.63, 3.8) is 0 Å². The largest absolute Gasteiger partial charge is 0.288 e. The number of alkyl halides is 2. The minimum atomic E-state index is -0.611. The van der Waals surface area contributed by atoms with Gasteiger partial charge in [0.15, 0.2) is 5.78 Å². The maximum absolute atomic E-state index is 14.4. The first kappa shape index (κ1) is 14.7. The Bertz CT molecular complexity index is 614. The van der Waals surface area contributed by atoms with Crippen LogP contribution in [0.3, 0.4) is 0 Å². The van der Waals surface area contributed by atoms with Crippen molar-refractivity contribution in [3.05, 3.63) is 70.0 Å². The first-order chi connectivity index (χ1) is 9.02. The Hall–Kier alpha value is -0.710. The number of ketones is 1. The molecule has 0 heterocycles. The fourth-order valence-electron chi connectivity index (χ4n) is 1.68. The standard InChI is InChI=1S/C14H8Br2ClFO/c15-14(16)9-6-7-10(17)11(12(9)18)13(19)8-4-2-1-3-5-8/h1-7,14H. The summed E-state index contributed by atoms with van der Waals surface area (Å²) < 4.78 is 14.0. The highest BCUT2D eigenvalue weighted by Crippen LogP contribution is 2.35. The Morgan fingerprint density at radius 2 is 1.74 bits per heavy atom. The molecule has 0 atom stereocenters. The second-order valence-corrected chi connectivity index (χ2v) is 7.29. The van der Waals surface area contributed by atoms with Crippen molar-refractivity contribution in [1.29, 1.82) is 0 Å². The molecule has 19 heavy (non-hydrogen) atoms. The molecule has 2 rings (SSSR count). The average Bonchev–Trinajstić information content (AvgIpc) is 2.39. The fourth-order valence-corrected chi connectivity index (χ4v) is 2.62. The smallest absolute Gasteiger partial charge is 0.197 e. The first-order valence-electron chi connectivity index (χ1n) is 5.38. The van der Waals surface area contributed by atoms with Crippen LogP contribution in [-0.2, 0) is 0 Å². The summed E-state index contributed by atoms with van der Waals surface area (Å²) in [6, 6.07) is 11.5. The molecule has 0 radical (unpaired) electrons. The third-order valence-electron chi connectivity index (χ3n) is 2.62. The molecule has 0 spiro atoms. The van der Waals surface area contributed by atoms with Gasteiger partial charge in [0.25, 0.3) is 0 Å². The van der Waals surface area contributed by atoms with Gasteiger partial charge in [-0.25, -0.2) is 4.39 Å². The van der Waals surface area contributed by atoms with Gasteiger partial charge in [-0.1, -0.05) is 79.9 Å². The van der Waals surface area contributed by atoms with Crippen LogP contribution in [0.1, 0.15) is 25.2 Å². The number of halogens is 4. The molecule has 0 saturated heterocycles. The predicted octanol–water partition coefficient (Wildman–Crippen LogP) is 5.50. The molecule has 2 aromatic carbocycles. The quantitative estimate of drug-likeness (QED) is 0.486. The molecule has 2 aromatic rings. The molecule has 0 bridgehead atoms. The summed E-state index contributed by atoms with van der Waals surface area (Å²) in [5.74, 6) is -1.04. The van der Waals surface area contributed by atoms with Gasteiger partial charge in [-0.3, -0.25) is 4.79 Å². The molecule has 0 aromatic heterocycles. The second kappa shape index (κ2) is 6.16. The van der Waals surface area contributed by atoms with E-state index in [1.54, 1.807) is 30.3 Å². The van der Waals surface area contributed by atoms with Gasteiger partial charge < -0.3 is 0 Å². The van der Waals surface area contributed by atoms with E-state index in [9.17, 15) is 9.18 Å². The summed E-state index contributed by atoms with van der Waals surface area (Å²) in [5.41, 5.74) is 0.638. The summed E-state index contributed by atoms with van der Waals surface area (Å²) in [5, 5.41) is 0.107. The maximum atomic E-state index is 14.4. The molecule has 98 valence electrons. The lowest BCUT2D eigenvalue weighted by atomic mass is 10.0. The van der Waals surface area contributed by atoms with Gasteiger partial charge >= 0.3 is 0 Å². The number of rotatable bonds is 3. The van der Waals surface area contributed by atoms with E-state index >= 15 is 0 Å². The average molecular weight is 406 g/mol. The fraction of sp³-hybridized carbons (Fsp3) is 0.0714. The molecule has 0 aliphatic rings. The minimum absolute atomic E-state index is 0.103. The van der Waals surface area contributed by atoms with Gasteiger partial charge in [0.1, 0.15) is 5.82 Å². The highest BCUT2D eigenvalue weighted by atomic mass is 79.9. The van der Waals surface area contributed by atoms with Crippen molar-refractivity contribution in [3.8, 4) is 0 Å². The number of carbonyl (C=O) groups excluding carboxylic acids is 1. The number of benzene rings is 2. The van der Waals surface area contributed by atoms with Gasteiger partial charge in [0.05, 0.1) is 14.3 Å². The van der Waals surface area contributed by atoms with E-state index in [0.29, 0.717) is 11.1 Å². The lowest BCUT2D eigenvalue weighted by Crippen LogP contribution is -2.07. The van der Waals surface area contributed by atoms with E-state index in [2.05, 4.69) is 31.9 Å². The van der Waals surface area contributed by atoms with E-state index in [1.165, 1.54) is 12.1 Å². The van der Waals surface area contributed by atoms with Gasteiger partial charge in [-0.2, -0.15) is 0 Å². The van der Waals surface area contributed by atoms with E-state index in [0.717, 1.165) is 0 Å². The molecular weight excluding hydrogens is 398 g/mol. The molecule has 0 unspecified atom stereocenters. The van der Waals surface area contributed by atoms with Crippen molar-refractivity contribution in [2.45, 2.75) is 3.74 Å². The van der Waals surface area contributed by atoms with Gasteiger partial charge in [-0.05, 0) is 6.07 Å². The van der Waals surface area contributed by atoms with Crippen molar-refractivity contribution < 1.29 is 9.18 Å². The Kier molecular flexibility index (Phi) is 4.76. The molecule has 5 heteroatoms. The predicted molar refractivity (Wildman–Crippen MR) is 81.9 cm³/mol. The van der Waals surface area contributed by atoms with Gasteiger partial charge in [0, 0.05) is 11.1 Å². The van der Waals surface area contributed by atoms with E-state index in [4.69, 9.17) is 11.6 Å². The second-order valence-electron chi connectivity index (χ2n) is 3.82. The molecule has 0 N–H and O–H groups in total. The lowest BCUT2D eigenvalue weighted by molar-refractivity contribution is 0.103. The molecule has 0 fully saturated rings. The summed E-state index contributed by atoms with van der Waals surface area (Å²) in [7, 11) is 0. The van der Waals surface area contributed by atoms with Crippen molar-refractivity contribution >= 4 is 49.2 Å². The molecule has 0 amide bonds. The van der Waals surface area contributed by atoms with Crippen LogP contribution in [0.15, 0.2) is 42.5 Å². The minimum Gasteiger partial charge on any atom is -0.288 e. The van der Waals surface area contributed by atoms with Gasteiger partial charge in [-0.15, -0.1) is 0 Å². The zero-order chi connectivity index (χ0) is 14.0. The third kappa shape index (κ3) is 3.07. The Labute approximate surface area is 132 Å². The molecular formula is C14H8Br2ClFO. The number of carbonyl (C=O) groups is 1. The first-order valence-corrected chi connectivity index (χ1v) is 7.59. The Balaban J connectivity index is 2.56. The molecule has 0 aliphatic carbocycles. The van der Waals surface area contributed by atoms with E-state index < -0.39 is 11.6 Å².